The molecular formula is C20H20N4O3S. The topological polar surface area (TPSA) is 114 Å². The van der Waals surface area contributed by atoms with Gasteiger partial charge in [0.25, 0.3) is 0 Å². The Bertz CT molecular complexity index is 1050. The molecule has 0 unspecified atom stereocenters. The minimum atomic E-state index is -3.65. The Hall–Kier alpha value is -3.23. The number of pyridine rings is 1. The number of carbonyl (C=O) groups excluding carboxylic acids is 1. The SMILES string of the molecule is NCc1cccc(S(=O)(=O)c2ccc(NC(=O)NCc3cccnc3)cc2)c1. The fraction of sp³-hybridized carbons (Fsp3) is 0.100. The second-order valence-corrected chi connectivity index (χ2v) is 8.00. The van der Waals surface area contributed by atoms with Crippen LogP contribution >= 0.6 is 0 Å². The lowest BCUT2D eigenvalue weighted by molar-refractivity contribution is 0.251. The maximum Gasteiger partial charge on any atom is 0.319 e. The van der Waals surface area contributed by atoms with E-state index in [1.165, 1.54) is 18.2 Å². The first-order chi connectivity index (χ1) is 13.5. The molecule has 0 aliphatic heterocycles. The van der Waals surface area contributed by atoms with E-state index < -0.39 is 15.9 Å². The summed E-state index contributed by atoms with van der Waals surface area (Å²) in [6.45, 7) is 0.601. The van der Waals surface area contributed by atoms with Gasteiger partial charge in [0.1, 0.15) is 0 Å². The van der Waals surface area contributed by atoms with Crippen molar-refractivity contribution in [3.8, 4) is 0 Å². The van der Waals surface area contributed by atoms with Gasteiger partial charge in [-0.2, -0.15) is 0 Å². The third kappa shape index (κ3) is 4.73. The van der Waals surface area contributed by atoms with Crippen molar-refractivity contribution >= 4 is 21.6 Å². The van der Waals surface area contributed by atoms with Gasteiger partial charge in [-0.1, -0.05) is 18.2 Å². The summed E-state index contributed by atoms with van der Waals surface area (Å²) in [6.07, 6.45) is 3.32. The fourth-order valence-corrected chi connectivity index (χ4v) is 3.88. The summed E-state index contributed by atoms with van der Waals surface area (Å²) in [7, 11) is -3.65. The summed E-state index contributed by atoms with van der Waals surface area (Å²) < 4.78 is 25.5. The molecule has 144 valence electrons. The first-order valence-electron chi connectivity index (χ1n) is 8.57. The number of urea groups is 1. The normalized spacial score (nSPS) is 11.0. The Morgan fingerprint density at radius 2 is 1.71 bits per heavy atom. The van der Waals surface area contributed by atoms with Gasteiger partial charge in [-0.3, -0.25) is 4.98 Å². The summed E-state index contributed by atoms with van der Waals surface area (Å²) in [4.78, 5) is 16.3. The van der Waals surface area contributed by atoms with Gasteiger partial charge >= 0.3 is 6.03 Å². The average Bonchev–Trinajstić information content (AvgIpc) is 2.73. The van der Waals surface area contributed by atoms with Crippen molar-refractivity contribution in [3.05, 3.63) is 84.2 Å². The number of nitrogens with zero attached hydrogens (tertiary/aromatic N) is 1. The molecule has 1 aromatic heterocycles. The number of nitrogens with two attached hydrogens (primary N) is 1. The summed E-state index contributed by atoms with van der Waals surface area (Å²) in [5, 5.41) is 5.38. The monoisotopic (exact) mass is 396 g/mol. The highest BCUT2D eigenvalue weighted by molar-refractivity contribution is 7.91. The number of sulfone groups is 1. The third-order valence-corrected chi connectivity index (χ3v) is 5.81. The van der Waals surface area contributed by atoms with Crippen LogP contribution in [0.3, 0.4) is 0 Å². The lowest BCUT2D eigenvalue weighted by Crippen LogP contribution is -2.28. The highest BCUT2D eigenvalue weighted by atomic mass is 32.2. The van der Waals surface area contributed by atoms with Crippen LogP contribution in [0.25, 0.3) is 0 Å². The summed E-state index contributed by atoms with van der Waals surface area (Å²) in [5.74, 6) is 0. The Labute approximate surface area is 163 Å². The van der Waals surface area contributed by atoms with Crippen LogP contribution in [0.4, 0.5) is 10.5 Å². The van der Waals surface area contributed by atoms with Crippen molar-refractivity contribution in [3.63, 3.8) is 0 Å². The van der Waals surface area contributed by atoms with Crippen LogP contribution in [0.2, 0.25) is 0 Å². The predicted molar refractivity (Wildman–Crippen MR) is 106 cm³/mol. The first kappa shape index (κ1) is 19.5. The molecule has 2 aromatic carbocycles. The largest absolute Gasteiger partial charge is 0.334 e. The zero-order valence-corrected chi connectivity index (χ0v) is 15.8. The van der Waals surface area contributed by atoms with Gasteiger partial charge in [-0.25, -0.2) is 13.2 Å². The molecule has 7 nitrogen and oxygen atoms in total. The van der Waals surface area contributed by atoms with Gasteiger partial charge in [-0.05, 0) is 53.6 Å². The van der Waals surface area contributed by atoms with E-state index >= 15 is 0 Å². The van der Waals surface area contributed by atoms with E-state index in [0.717, 1.165) is 11.1 Å². The van der Waals surface area contributed by atoms with Gasteiger partial charge in [0.15, 0.2) is 0 Å². The van der Waals surface area contributed by atoms with Gasteiger partial charge in [0.05, 0.1) is 9.79 Å². The molecule has 0 atom stereocenters. The minimum absolute atomic E-state index is 0.142. The van der Waals surface area contributed by atoms with Gasteiger partial charge in [0, 0.05) is 31.2 Å². The number of hydrogen-bond donors (Lipinski definition) is 3. The maximum atomic E-state index is 12.7. The molecule has 0 fully saturated rings. The number of hydrogen-bond acceptors (Lipinski definition) is 5. The number of nitrogens with one attached hydrogen (secondary N) is 2. The average molecular weight is 396 g/mol. The molecule has 0 bridgehead atoms. The Morgan fingerprint density at radius 1 is 0.964 bits per heavy atom. The van der Waals surface area contributed by atoms with Crippen molar-refractivity contribution in [1.29, 1.82) is 0 Å². The van der Waals surface area contributed by atoms with Crippen LogP contribution in [0.5, 0.6) is 0 Å². The molecule has 0 aliphatic rings. The number of carbonyl (C=O) groups is 1. The lowest BCUT2D eigenvalue weighted by Gasteiger charge is -2.09. The smallest absolute Gasteiger partial charge is 0.319 e. The molecule has 28 heavy (non-hydrogen) atoms. The zero-order valence-electron chi connectivity index (χ0n) is 15.0. The first-order valence-corrected chi connectivity index (χ1v) is 10.1. The molecule has 3 aromatic rings. The van der Waals surface area contributed by atoms with E-state index in [2.05, 4.69) is 15.6 Å². The van der Waals surface area contributed by atoms with Crippen LogP contribution in [-0.4, -0.2) is 19.4 Å². The molecule has 0 radical (unpaired) electrons. The van der Waals surface area contributed by atoms with Crippen LogP contribution in [0, 0.1) is 0 Å². The minimum Gasteiger partial charge on any atom is -0.334 e. The molecule has 0 spiro atoms. The number of amides is 2. The van der Waals surface area contributed by atoms with Crippen LogP contribution < -0.4 is 16.4 Å². The van der Waals surface area contributed by atoms with E-state index in [1.807, 2.05) is 6.07 Å². The second kappa shape index (κ2) is 8.64. The van der Waals surface area contributed by atoms with Gasteiger partial charge in [-0.15, -0.1) is 0 Å². The quantitative estimate of drug-likeness (QED) is 0.593. The van der Waals surface area contributed by atoms with Crippen molar-refractivity contribution in [2.45, 2.75) is 22.9 Å². The molecule has 0 aliphatic carbocycles. The third-order valence-electron chi connectivity index (χ3n) is 4.04. The van der Waals surface area contributed by atoms with Crippen molar-refractivity contribution in [2.24, 2.45) is 5.73 Å². The van der Waals surface area contributed by atoms with Crippen LogP contribution in [0.1, 0.15) is 11.1 Å². The predicted octanol–water partition coefficient (Wildman–Crippen LogP) is 2.69. The molecule has 4 N–H and O–H groups in total. The molecule has 0 saturated carbocycles. The Balaban J connectivity index is 1.66. The van der Waals surface area contributed by atoms with Crippen LogP contribution in [-0.2, 0) is 22.9 Å². The molecule has 1 heterocycles. The van der Waals surface area contributed by atoms with E-state index in [1.54, 1.807) is 48.8 Å². The Morgan fingerprint density at radius 3 is 2.39 bits per heavy atom. The summed E-state index contributed by atoms with van der Waals surface area (Å²) in [5.41, 5.74) is 7.68. The summed E-state index contributed by atoms with van der Waals surface area (Å²) >= 11 is 0. The summed E-state index contributed by atoms with van der Waals surface area (Å²) in [6, 6.07) is 15.8. The number of benzene rings is 2. The fourth-order valence-electron chi connectivity index (χ4n) is 2.55. The number of aromatic nitrogens is 1. The highest BCUT2D eigenvalue weighted by Crippen LogP contribution is 2.23. The molecular weight excluding hydrogens is 376 g/mol. The van der Waals surface area contributed by atoms with Crippen molar-refractivity contribution in [1.82, 2.24) is 10.3 Å². The lowest BCUT2D eigenvalue weighted by atomic mass is 10.2. The van der Waals surface area contributed by atoms with Gasteiger partial charge < -0.3 is 16.4 Å². The van der Waals surface area contributed by atoms with E-state index in [4.69, 9.17) is 5.73 Å². The highest BCUT2D eigenvalue weighted by Gasteiger charge is 2.18. The van der Waals surface area contributed by atoms with Crippen LogP contribution in [0.15, 0.2) is 82.8 Å². The van der Waals surface area contributed by atoms with Crippen molar-refractivity contribution in [2.75, 3.05) is 5.32 Å². The molecule has 3 rings (SSSR count). The molecule has 8 heteroatoms. The zero-order chi connectivity index (χ0) is 20.0. The Kier molecular flexibility index (Phi) is 6.03. The van der Waals surface area contributed by atoms with E-state index in [-0.39, 0.29) is 16.3 Å². The molecule has 0 saturated heterocycles. The molecule has 2 amide bonds. The maximum absolute atomic E-state index is 12.7. The van der Waals surface area contributed by atoms with E-state index in [9.17, 15) is 13.2 Å². The standard InChI is InChI=1S/C20H20N4O3S/c21-12-15-3-1-5-19(11-15)28(26,27)18-8-6-17(7-9-18)24-20(25)23-14-16-4-2-10-22-13-16/h1-11,13H,12,14,21H2,(H2,23,24,25). The number of rotatable bonds is 6. The second-order valence-electron chi connectivity index (χ2n) is 6.05. The van der Waals surface area contributed by atoms with Crippen molar-refractivity contribution < 1.29 is 13.2 Å². The van der Waals surface area contributed by atoms with E-state index in [0.29, 0.717) is 12.2 Å². The van der Waals surface area contributed by atoms with Gasteiger partial charge in [0.2, 0.25) is 9.84 Å². The number of anilines is 1.